The molecular weight excluding hydrogens is 328 g/mol. The molecule has 0 amide bonds. The summed E-state index contributed by atoms with van der Waals surface area (Å²) in [5, 5.41) is 3.66. The van der Waals surface area contributed by atoms with Gasteiger partial charge in [-0.1, -0.05) is 27.7 Å². The van der Waals surface area contributed by atoms with Crippen molar-refractivity contribution in [2.45, 2.75) is 59.6 Å². The molecule has 2 atom stereocenters. The molecule has 0 aliphatic carbocycles. The second-order valence-electron chi connectivity index (χ2n) is 6.52. The summed E-state index contributed by atoms with van der Waals surface area (Å²) in [5.74, 6) is 0. The van der Waals surface area contributed by atoms with Crippen molar-refractivity contribution in [1.82, 2.24) is 10.3 Å². The van der Waals surface area contributed by atoms with Crippen molar-refractivity contribution in [1.29, 1.82) is 0 Å². The molecule has 2 unspecified atom stereocenters. The molecule has 1 heterocycles. The zero-order valence-corrected chi connectivity index (χ0v) is 15.5. The van der Waals surface area contributed by atoms with E-state index in [4.69, 9.17) is 4.74 Å². The summed E-state index contributed by atoms with van der Waals surface area (Å²) >= 11 is 3.50. The Morgan fingerprint density at radius 1 is 1.29 bits per heavy atom. The average molecular weight is 357 g/mol. The lowest BCUT2D eigenvalue weighted by Gasteiger charge is -2.37. The maximum absolute atomic E-state index is 6.07. The predicted molar refractivity (Wildman–Crippen MR) is 92.6 cm³/mol. The van der Waals surface area contributed by atoms with Crippen LogP contribution in [0.15, 0.2) is 22.9 Å². The van der Waals surface area contributed by atoms with Crippen molar-refractivity contribution < 1.29 is 4.74 Å². The predicted octanol–water partition coefficient (Wildman–Crippen LogP) is 4.21. The molecular formula is C17H29BrN2O. The molecule has 0 aliphatic heterocycles. The van der Waals surface area contributed by atoms with Crippen molar-refractivity contribution in [2.75, 3.05) is 13.2 Å². The number of halogens is 1. The fraction of sp³-hybridized carbons (Fsp3) is 0.706. The Balaban J connectivity index is 2.91. The first kappa shape index (κ1) is 18.6. The standard InChI is InChI=1S/C17H29BrN2O/c1-6-8-20-15(16(21-7-2)17(3,4)5)10-13-9-14(18)12-19-11-13/h9,11-12,15-16,20H,6-8,10H2,1-5H3. The van der Waals surface area contributed by atoms with E-state index in [1.165, 1.54) is 5.56 Å². The topological polar surface area (TPSA) is 34.2 Å². The third-order valence-electron chi connectivity index (χ3n) is 3.44. The van der Waals surface area contributed by atoms with E-state index < -0.39 is 0 Å². The first-order chi connectivity index (χ1) is 9.88. The zero-order valence-electron chi connectivity index (χ0n) is 13.9. The van der Waals surface area contributed by atoms with Gasteiger partial charge in [0, 0.05) is 29.5 Å². The van der Waals surface area contributed by atoms with Gasteiger partial charge in [0.25, 0.3) is 0 Å². The molecule has 21 heavy (non-hydrogen) atoms. The van der Waals surface area contributed by atoms with Crippen molar-refractivity contribution >= 4 is 15.9 Å². The molecule has 1 aromatic rings. The number of nitrogens with one attached hydrogen (secondary N) is 1. The molecule has 0 bridgehead atoms. The van der Waals surface area contributed by atoms with E-state index in [1.807, 2.05) is 12.4 Å². The molecule has 3 nitrogen and oxygen atoms in total. The van der Waals surface area contributed by atoms with Gasteiger partial charge in [0.1, 0.15) is 0 Å². The van der Waals surface area contributed by atoms with Gasteiger partial charge in [-0.2, -0.15) is 0 Å². The molecule has 0 aromatic carbocycles. The number of pyridine rings is 1. The number of nitrogens with zero attached hydrogens (tertiary/aromatic N) is 1. The highest BCUT2D eigenvalue weighted by molar-refractivity contribution is 9.10. The number of aromatic nitrogens is 1. The van der Waals surface area contributed by atoms with Gasteiger partial charge >= 0.3 is 0 Å². The summed E-state index contributed by atoms with van der Waals surface area (Å²) in [6.07, 6.45) is 5.98. The Labute approximate surface area is 138 Å². The minimum absolute atomic E-state index is 0.0981. The van der Waals surface area contributed by atoms with Crippen LogP contribution in [0.5, 0.6) is 0 Å². The quantitative estimate of drug-likeness (QED) is 0.757. The minimum atomic E-state index is 0.0981. The van der Waals surface area contributed by atoms with Crippen molar-refractivity contribution in [2.24, 2.45) is 5.41 Å². The molecule has 0 radical (unpaired) electrons. The van der Waals surface area contributed by atoms with Crippen LogP contribution in [0.1, 0.15) is 46.6 Å². The van der Waals surface area contributed by atoms with Crippen molar-refractivity contribution in [3.63, 3.8) is 0 Å². The van der Waals surface area contributed by atoms with Crippen LogP contribution in [-0.2, 0) is 11.2 Å². The average Bonchev–Trinajstić information content (AvgIpc) is 2.40. The van der Waals surface area contributed by atoms with E-state index >= 15 is 0 Å². The van der Waals surface area contributed by atoms with Gasteiger partial charge in [-0.25, -0.2) is 0 Å². The minimum Gasteiger partial charge on any atom is -0.376 e. The molecule has 0 saturated carbocycles. The van der Waals surface area contributed by atoms with E-state index in [-0.39, 0.29) is 11.5 Å². The third kappa shape index (κ3) is 6.45. The first-order valence-corrected chi connectivity index (χ1v) is 8.62. The highest BCUT2D eigenvalue weighted by atomic mass is 79.9. The lowest BCUT2D eigenvalue weighted by atomic mass is 9.82. The Bertz CT molecular complexity index is 417. The second-order valence-corrected chi connectivity index (χ2v) is 7.43. The molecule has 0 aliphatic rings. The number of ether oxygens (including phenoxy) is 1. The van der Waals surface area contributed by atoms with E-state index in [2.05, 4.69) is 66.9 Å². The summed E-state index contributed by atoms with van der Waals surface area (Å²) < 4.78 is 7.10. The summed E-state index contributed by atoms with van der Waals surface area (Å²) in [6.45, 7) is 12.7. The van der Waals surface area contributed by atoms with Gasteiger partial charge in [-0.05, 0) is 59.3 Å². The van der Waals surface area contributed by atoms with Crippen LogP contribution in [0, 0.1) is 5.41 Å². The highest BCUT2D eigenvalue weighted by Gasteiger charge is 2.32. The van der Waals surface area contributed by atoms with E-state index in [0.29, 0.717) is 6.04 Å². The molecule has 4 heteroatoms. The van der Waals surface area contributed by atoms with Crippen LogP contribution < -0.4 is 5.32 Å². The van der Waals surface area contributed by atoms with Crippen molar-refractivity contribution in [3.05, 3.63) is 28.5 Å². The SMILES string of the molecule is CCCNC(Cc1cncc(Br)c1)C(OCC)C(C)(C)C. The lowest BCUT2D eigenvalue weighted by molar-refractivity contribution is -0.0355. The number of hydrogen-bond acceptors (Lipinski definition) is 3. The van der Waals surface area contributed by atoms with E-state index in [0.717, 1.165) is 30.5 Å². The lowest BCUT2D eigenvalue weighted by Crippen LogP contribution is -2.49. The second kappa shape index (κ2) is 8.86. The smallest absolute Gasteiger partial charge is 0.0779 e. The van der Waals surface area contributed by atoms with Crippen LogP contribution in [0.2, 0.25) is 0 Å². The largest absolute Gasteiger partial charge is 0.376 e. The summed E-state index contributed by atoms with van der Waals surface area (Å²) in [7, 11) is 0. The zero-order chi connectivity index (χ0) is 15.9. The monoisotopic (exact) mass is 356 g/mol. The molecule has 120 valence electrons. The van der Waals surface area contributed by atoms with Gasteiger partial charge < -0.3 is 10.1 Å². The van der Waals surface area contributed by atoms with Crippen LogP contribution in [0.3, 0.4) is 0 Å². The molecule has 1 N–H and O–H groups in total. The molecule has 0 saturated heterocycles. The Hall–Kier alpha value is -0.450. The van der Waals surface area contributed by atoms with E-state index in [1.54, 1.807) is 0 Å². The molecule has 1 rings (SSSR count). The van der Waals surface area contributed by atoms with Crippen LogP contribution in [-0.4, -0.2) is 30.3 Å². The number of hydrogen-bond donors (Lipinski definition) is 1. The van der Waals surface area contributed by atoms with Crippen LogP contribution >= 0.6 is 15.9 Å². The van der Waals surface area contributed by atoms with Gasteiger partial charge in [-0.3, -0.25) is 4.98 Å². The first-order valence-electron chi connectivity index (χ1n) is 7.82. The van der Waals surface area contributed by atoms with Crippen LogP contribution in [0.4, 0.5) is 0 Å². The maximum atomic E-state index is 6.07. The molecule has 1 aromatic heterocycles. The number of rotatable bonds is 8. The Kier molecular flexibility index (Phi) is 7.85. The normalized spacial score (nSPS) is 15.0. The highest BCUT2D eigenvalue weighted by Crippen LogP contribution is 2.27. The summed E-state index contributed by atoms with van der Waals surface area (Å²) in [4.78, 5) is 4.27. The van der Waals surface area contributed by atoms with Gasteiger partial charge in [0.05, 0.1) is 6.10 Å². The molecule has 0 fully saturated rings. The Morgan fingerprint density at radius 2 is 2.00 bits per heavy atom. The Morgan fingerprint density at radius 3 is 2.52 bits per heavy atom. The van der Waals surface area contributed by atoms with Gasteiger partial charge in [0.2, 0.25) is 0 Å². The van der Waals surface area contributed by atoms with Crippen molar-refractivity contribution in [3.8, 4) is 0 Å². The maximum Gasteiger partial charge on any atom is 0.0779 e. The molecule has 0 spiro atoms. The summed E-state index contributed by atoms with van der Waals surface area (Å²) in [6, 6.07) is 2.43. The fourth-order valence-corrected chi connectivity index (χ4v) is 3.00. The van der Waals surface area contributed by atoms with Gasteiger partial charge in [-0.15, -0.1) is 0 Å². The fourth-order valence-electron chi connectivity index (χ4n) is 2.59. The summed E-state index contributed by atoms with van der Waals surface area (Å²) in [5.41, 5.74) is 1.33. The van der Waals surface area contributed by atoms with Crippen LogP contribution in [0.25, 0.3) is 0 Å². The third-order valence-corrected chi connectivity index (χ3v) is 3.87. The van der Waals surface area contributed by atoms with Gasteiger partial charge in [0.15, 0.2) is 0 Å². The van der Waals surface area contributed by atoms with E-state index in [9.17, 15) is 0 Å².